The zero-order valence-electron chi connectivity index (χ0n) is 21.2. The van der Waals surface area contributed by atoms with E-state index < -0.39 is 17.6 Å². The van der Waals surface area contributed by atoms with E-state index in [0.29, 0.717) is 11.3 Å². The minimum atomic E-state index is -0.486. The van der Waals surface area contributed by atoms with Crippen molar-refractivity contribution in [3.63, 3.8) is 0 Å². The van der Waals surface area contributed by atoms with E-state index in [4.69, 9.17) is 14.5 Å². The molecular weight excluding hydrogens is 466 g/mol. The van der Waals surface area contributed by atoms with Crippen molar-refractivity contribution in [2.45, 2.75) is 38.6 Å². The van der Waals surface area contributed by atoms with Gasteiger partial charge in [-0.25, -0.2) is 14.6 Å². The summed E-state index contributed by atoms with van der Waals surface area (Å²) >= 11 is 0. The summed E-state index contributed by atoms with van der Waals surface area (Å²) in [5, 5.41) is 3.04. The van der Waals surface area contributed by atoms with Crippen molar-refractivity contribution >= 4 is 17.7 Å². The number of ether oxygens (including phenoxy) is 2. The first-order chi connectivity index (χ1) is 17.8. The highest BCUT2D eigenvalue weighted by Gasteiger charge is 2.40. The van der Waals surface area contributed by atoms with Crippen LogP contribution in [0.2, 0.25) is 0 Å². The number of alkyl carbamates (subject to hydrolysis) is 1. The minimum absolute atomic E-state index is 0.355. The van der Waals surface area contributed by atoms with Gasteiger partial charge in [0.1, 0.15) is 5.65 Å². The molecule has 0 radical (unpaired) electrons. The first-order valence-electron chi connectivity index (χ1n) is 12.2. The maximum atomic E-state index is 12.3. The molecule has 188 valence electrons. The number of imidazole rings is 1. The molecule has 2 aromatic heterocycles. The maximum Gasteiger partial charge on any atom is 0.412 e. The zero-order chi connectivity index (χ0) is 26.2. The summed E-state index contributed by atoms with van der Waals surface area (Å²) < 4.78 is 12.1. The van der Waals surface area contributed by atoms with Crippen molar-refractivity contribution in [1.29, 1.82) is 0 Å². The molecule has 37 heavy (non-hydrogen) atoms. The summed E-state index contributed by atoms with van der Waals surface area (Å²) in [6, 6.07) is 19.9. The zero-order valence-corrected chi connectivity index (χ0v) is 21.2. The van der Waals surface area contributed by atoms with Gasteiger partial charge in [-0.3, -0.25) is 4.40 Å². The third-order valence-electron chi connectivity index (χ3n) is 6.90. The molecule has 1 amide bonds. The van der Waals surface area contributed by atoms with E-state index >= 15 is 0 Å². The largest absolute Gasteiger partial charge is 0.465 e. The van der Waals surface area contributed by atoms with Crippen LogP contribution in [0.3, 0.4) is 0 Å². The summed E-state index contributed by atoms with van der Waals surface area (Å²) in [6.07, 6.45) is 4.01. The number of amides is 1. The SMILES string of the molecule is C=C(C)OC(=O)NC1(c2ccc(-c3nc4c(C)cc(C(=O)OC)cn4c3-c3ccccc3)cc2)CCC1. The lowest BCUT2D eigenvalue weighted by Crippen LogP contribution is -2.50. The Balaban J connectivity index is 1.59. The van der Waals surface area contributed by atoms with Crippen LogP contribution in [0.15, 0.2) is 79.2 Å². The van der Waals surface area contributed by atoms with Crippen LogP contribution in [-0.4, -0.2) is 28.6 Å². The Hall–Kier alpha value is -4.39. The smallest absolute Gasteiger partial charge is 0.412 e. The number of aryl methyl sites for hydroxylation is 1. The molecule has 0 aliphatic heterocycles. The molecule has 0 spiro atoms. The quantitative estimate of drug-likeness (QED) is 0.247. The van der Waals surface area contributed by atoms with Gasteiger partial charge in [0.05, 0.1) is 35.4 Å². The number of nitrogens with zero attached hydrogens (tertiary/aromatic N) is 2. The summed E-state index contributed by atoms with van der Waals surface area (Å²) in [5.74, 6) is -0.0413. The molecule has 7 heteroatoms. The Bertz CT molecular complexity index is 1500. The van der Waals surface area contributed by atoms with Crippen LogP contribution in [0, 0.1) is 6.92 Å². The van der Waals surface area contributed by atoms with Gasteiger partial charge in [-0.05, 0) is 50.3 Å². The lowest BCUT2D eigenvalue weighted by Gasteiger charge is -2.42. The number of aromatic nitrogens is 2. The number of rotatable bonds is 6. The van der Waals surface area contributed by atoms with Gasteiger partial charge in [-0.1, -0.05) is 61.2 Å². The second-order valence-electron chi connectivity index (χ2n) is 9.50. The van der Waals surface area contributed by atoms with Crippen molar-refractivity contribution in [2.24, 2.45) is 0 Å². The van der Waals surface area contributed by atoms with E-state index in [1.54, 1.807) is 19.2 Å². The highest BCUT2D eigenvalue weighted by Crippen LogP contribution is 2.42. The first-order valence-corrected chi connectivity index (χ1v) is 12.2. The van der Waals surface area contributed by atoms with E-state index in [1.165, 1.54) is 7.11 Å². The Morgan fingerprint density at radius 3 is 2.35 bits per heavy atom. The lowest BCUT2D eigenvalue weighted by molar-refractivity contribution is 0.0600. The number of hydrogen-bond acceptors (Lipinski definition) is 5. The topological polar surface area (TPSA) is 81.9 Å². The van der Waals surface area contributed by atoms with Crippen LogP contribution in [0.25, 0.3) is 28.2 Å². The van der Waals surface area contributed by atoms with Gasteiger partial charge in [0.2, 0.25) is 0 Å². The molecule has 0 unspecified atom stereocenters. The summed E-state index contributed by atoms with van der Waals surface area (Å²) in [5.41, 5.74) is 6.29. The van der Waals surface area contributed by atoms with Crippen molar-refractivity contribution in [3.8, 4) is 22.5 Å². The maximum absolute atomic E-state index is 12.3. The number of esters is 1. The molecule has 2 heterocycles. The molecule has 1 saturated carbocycles. The average molecular weight is 496 g/mol. The van der Waals surface area contributed by atoms with Gasteiger partial charge in [0.15, 0.2) is 0 Å². The van der Waals surface area contributed by atoms with Gasteiger partial charge < -0.3 is 14.8 Å². The number of allylic oxidation sites excluding steroid dienone is 1. The van der Waals surface area contributed by atoms with Gasteiger partial charge in [0.25, 0.3) is 0 Å². The fraction of sp³-hybridized carbons (Fsp3) is 0.233. The highest BCUT2D eigenvalue weighted by molar-refractivity contribution is 5.91. The van der Waals surface area contributed by atoms with Gasteiger partial charge in [-0.15, -0.1) is 0 Å². The Morgan fingerprint density at radius 1 is 1.05 bits per heavy atom. The standard InChI is InChI=1S/C30H29N3O4/c1-19(2)37-29(35)32-30(15-8-16-30)24-13-11-21(12-14-24)25-26(22-9-6-5-7-10-22)33-18-23(28(34)36-4)17-20(3)27(33)31-25/h5-7,9-14,17-18H,1,8,15-16H2,2-4H3,(H,32,35). The number of methoxy groups -OCH3 is 1. The number of hydrogen-bond donors (Lipinski definition) is 1. The van der Waals surface area contributed by atoms with Crippen LogP contribution in [0.1, 0.15) is 47.7 Å². The van der Waals surface area contributed by atoms with Gasteiger partial charge >= 0.3 is 12.1 Å². The Kier molecular flexibility index (Phi) is 6.29. The van der Waals surface area contributed by atoms with Gasteiger partial charge in [-0.2, -0.15) is 0 Å². The Labute approximate surface area is 215 Å². The minimum Gasteiger partial charge on any atom is -0.465 e. The van der Waals surface area contributed by atoms with E-state index in [9.17, 15) is 9.59 Å². The lowest BCUT2D eigenvalue weighted by atomic mass is 9.71. The summed E-state index contributed by atoms with van der Waals surface area (Å²) in [4.78, 5) is 29.7. The molecule has 0 saturated heterocycles. The number of carbonyl (C=O) groups is 2. The molecule has 1 N–H and O–H groups in total. The number of fused-ring (bicyclic) bond motifs is 1. The van der Waals surface area contributed by atoms with Crippen molar-refractivity contribution in [1.82, 2.24) is 14.7 Å². The summed E-state index contributed by atoms with van der Waals surface area (Å²) in [6.45, 7) is 7.23. The van der Waals surface area contributed by atoms with Crippen LogP contribution < -0.4 is 5.32 Å². The van der Waals surface area contributed by atoms with Crippen LogP contribution in [0.5, 0.6) is 0 Å². The molecule has 0 atom stereocenters. The Morgan fingerprint density at radius 2 is 1.76 bits per heavy atom. The van der Waals surface area contributed by atoms with E-state index in [2.05, 4.69) is 11.9 Å². The van der Waals surface area contributed by atoms with E-state index in [-0.39, 0.29) is 0 Å². The number of carbonyl (C=O) groups excluding carboxylic acids is 2. The second-order valence-corrected chi connectivity index (χ2v) is 9.50. The van der Waals surface area contributed by atoms with Crippen LogP contribution in [-0.2, 0) is 15.0 Å². The normalized spacial score (nSPS) is 14.0. The molecule has 5 rings (SSSR count). The molecule has 1 aliphatic carbocycles. The molecule has 7 nitrogen and oxygen atoms in total. The van der Waals surface area contributed by atoms with Crippen LogP contribution in [0.4, 0.5) is 4.79 Å². The average Bonchev–Trinajstić information content (AvgIpc) is 3.26. The predicted octanol–water partition coefficient (Wildman–Crippen LogP) is 6.40. The molecule has 1 aliphatic rings. The number of benzene rings is 2. The van der Waals surface area contributed by atoms with E-state index in [0.717, 1.165) is 58.6 Å². The first kappa shape index (κ1) is 24.3. The van der Waals surface area contributed by atoms with Gasteiger partial charge in [0, 0.05) is 17.3 Å². The monoisotopic (exact) mass is 495 g/mol. The molecule has 4 aromatic rings. The third kappa shape index (κ3) is 4.48. The predicted molar refractivity (Wildman–Crippen MR) is 142 cm³/mol. The number of nitrogens with one attached hydrogen (secondary N) is 1. The molecule has 0 bridgehead atoms. The molecule has 2 aromatic carbocycles. The summed E-state index contributed by atoms with van der Waals surface area (Å²) in [7, 11) is 1.38. The molecule has 1 fully saturated rings. The number of pyridine rings is 1. The fourth-order valence-corrected chi connectivity index (χ4v) is 4.96. The highest BCUT2D eigenvalue weighted by atomic mass is 16.6. The van der Waals surface area contributed by atoms with Crippen molar-refractivity contribution in [2.75, 3.05) is 7.11 Å². The fourth-order valence-electron chi connectivity index (χ4n) is 4.96. The van der Waals surface area contributed by atoms with Crippen molar-refractivity contribution < 1.29 is 19.1 Å². The third-order valence-corrected chi connectivity index (χ3v) is 6.90. The second kappa shape index (κ2) is 9.58. The van der Waals surface area contributed by atoms with Crippen LogP contribution >= 0.6 is 0 Å². The van der Waals surface area contributed by atoms with Crippen molar-refractivity contribution in [3.05, 3.63) is 95.9 Å². The molecular formula is C30H29N3O4. The van der Waals surface area contributed by atoms with E-state index in [1.807, 2.05) is 65.9 Å².